The minimum absolute atomic E-state index is 0.111. The van der Waals surface area contributed by atoms with Gasteiger partial charge in [0, 0.05) is 4.47 Å². The van der Waals surface area contributed by atoms with Gasteiger partial charge >= 0.3 is 5.97 Å². The van der Waals surface area contributed by atoms with Gasteiger partial charge in [0.05, 0.1) is 11.3 Å². The van der Waals surface area contributed by atoms with Crippen LogP contribution in [0.4, 0.5) is 5.69 Å². The Kier molecular flexibility index (Phi) is 4.21. The lowest BCUT2D eigenvalue weighted by Crippen LogP contribution is -2.00. The highest BCUT2D eigenvalue weighted by molar-refractivity contribution is 9.10. The van der Waals surface area contributed by atoms with Crippen LogP contribution in [0.3, 0.4) is 0 Å². The van der Waals surface area contributed by atoms with Crippen molar-refractivity contribution in [1.29, 1.82) is 10.5 Å². The van der Waals surface area contributed by atoms with Crippen LogP contribution in [-0.4, -0.2) is 16.8 Å². The van der Waals surface area contributed by atoms with Gasteiger partial charge in [-0.3, -0.25) is 5.43 Å². The summed E-state index contributed by atoms with van der Waals surface area (Å²) < 4.78 is 0.376. The molecule has 0 radical (unpaired) electrons. The lowest BCUT2D eigenvalue weighted by molar-refractivity contribution is 0.0696. The van der Waals surface area contributed by atoms with Gasteiger partial charge in [0.15, 0.2) is 0 Å². The fraction of sp³-hybridized carbons (Fsp3) is 0. The number of nitrogens with one attached hydrogen (secondary N) is 1. The topological polar surface area (TPSA) is 109 Å². The quantitative estimate of drug-likeness (QED) is 0.654. The number of benzene rings is 1. The SMILES string of the molecule is N#CC(C#N)=NNc1ccc(C(=O)O)c(Br)c1. The molecule has 0 aliphatic heterocycles. The van der Waals surface area contributed by atoms with E-state index in [4.69, 9.17) is 15.6 Å². The molecule has 0 heterocycles. The smallest absolute Gasteiger partial charge is 0.336 e. The Hall–Kier alpha value is -2.38. The van der Waals surface area contributed by atoms with E-state index in [0.29, 0.717) is 10.2 Å². The second-order valence-electron chi connectivity index (χ2n) is 2.80. The van der Waals surface area contributed by atoms with Crippen molar-refractivity contribution in [3.63, 3.8) is 0 Å². The normalized spacial score (nSPS) is 8.65. The molecule has 6 nitrogen and oxygen atoms in total. The lowest BCUT2D eigenvalue weighted by Gasteiger charge is -2.03. The highest BCUT2D eigenvalue weighted by atomic mass is 79.9. The van der Waals surface area contributed by atoms with E-state index in [9.17, 15) is 4.79 Å². The summed E-state index contributed by atoms with van der Waals surface area (Å²) in [5.74, 6) is -1.05. The van der Waals surface area contributed by atoms with Gasteiger partial charge in [-0.1, -0.05) is 0 Å². The first kappa shape index (κ1) is 12.7. The summed E-state index contributed by atoms with van der Waals surface area (Å²) in [6.45, 7) is 0. The molecule has 0 fully saturated rings. The Morgan fingerprint density at radius 1 is 1.41 bits per heavy atom. The van der Waals surface area contributed by atoms with Crippen LogP contribution in [0, 0.1) is 22.7 Å². The number of hydrogen-bond donors (Lipinski definition) is 2. The van der Waals surface area contributed by atoms with Crippen LogP contribution in [0.2, 0.25) is 0 Å². The van der Waals surface area contributed by atoms with E-state index in [1.807, 2.05) is 0 Å². The predicted octanol–water partition coefficient (Wildman–Crippen LogP) is 1.96. The van der Waals surface area contributed by atoms with Crippen LogP contribution in [0.1, 0.15) is 10.4 Å². The van der Waals surface area contributed by atoms with E-state index >= 15 is 0 Å². The molecular weight excluding hydrogens is 288 g/mol. The van der Waals surface area contributed by atoms with Crippen LogP contribution < -0.4 is 5.43 Å². The zero-order valence-electron chi connectivity index (χ0n) is 8.31. The summed E-state index contributed by atoms with van der Waals surface area (Å²) in [5.41, 5.74) is 2.73. The number of nitriles is 2. The summed E-state index contributed by atoms with van der Waals surface area (Å²) in [6, 6.07) is 7.51. The van der Waals surface area contributed by atoms with Crippen molar-refractivity contribution in [2.75, 3.05) is 5.43 Å². The van der Waals surface area contributed by atoms with E-state index in [-0.39, 0.29) is 11.3 Å². The number of carboxylic acid groups (broad SMARTS) is 1. The van der Waals surface area contributed by atoms with Crippen LogP contribution in [0.5, 0.6) is 0 Å². The molecular formula is C10H5BrN4O2. The van der Waals surface area contributed by atoms with Crippen molar-refractivity contribution in [2.24, 2.45) is 5.10 Å². The Bertz CT molecular complexity index is 553. The number of rotatable bonds is 3. The monoisotopic (exact) mass is 292 g/mol. The molecule has 0 atom stereocenters. The number of halogens is 1. The number of aromatic carboxylic acids is 1. The second-order valence-corrected chi connectivity index (χ2v) is 3.65. The van der Waals surface area contributed by atoms with Crippen LogP contribution in [0.25, 0.3) is 0 Å². The summed E-state index contributed by atoms with van der Waals surface area (Å²) in [4.78, 5) is 10.7. The van der Waals surface area contributed by atoms with Crippen molar-refractivity contribution in [2.45, 2.75) is 0 Å². The molecule has 7 heteroatoms. The second kappa shape index (κ2) is 5.64. The molecule has 0 saturated carbocycles. The highest BCUT2D eigenvalue weighted by Gasteiger charge is 2.08. The summed E-state index contributed by atoms with van der Waals surface area (Å²) in [6.07, 6.45) is 0. The van der Waals surface area contributed by atoms with Gasteiger partial charge in [0.1, 0.15) is 12.1 Å². The molecule has 0 aromatic heterocycles. The third-order valence-corrected chi connectivity index (χ3v) is 2.36. The minimum atomic E-state index is -1.05. The summed E-state index contributed by atoms with van der Waals surface area (Å²) in [5, 5.41) is 29.2. The molecule has 0 spiro atoms. The third kappa shape index (κ3) is 3.30. The summed E-state index contributed by atoms with van der Waals surface area (Å²) >= 11 is 3.09. The maximum absolute atomic E-state index is 10.7. The van der Waals surface area contributed by atoms with Crippen LogP contribution in [0.15, 0.2) is 27.8 Å². The van der Waals surface area contributed by atoms with Gasteiger partial charge in [-0.05, 0) is 34.1 Å². The van der Waals surface area contributed by atoms with Gasteiger partial charge in [-0.25, -0.2) is 4.79 Å². The van der Waals surface area contributed by atoms with Crippen LogP contribution >= 0.6 is 15.9 Å². The van der Waals surface area contributed by atoms with E-state index in [1.165, 1.54) is 18.2 Å². The van der Waals surface area contributed by atoms with Crippen molar-refractivity contribution in [3.05, 3.63) is 28.2 Å². The minimum Gasteiger partial charge on any atom is -0.478 e. The molecule has 0 amide bonds. The average Bonchev–Trinajstić information content (AvgIpc) is 2.30. The van der Waals surface area contributed by atoms with Gasteiger partial charge in [-0.15, -0.1) is 0 Å². The Balaban J connectivity index is 2.94. The Morgan fingerprint density at radius 2 is 2.06 bits per heavy atom. The molecule has 0 unspecified atom stereocenters. The molecule has 0 aliphatic carbocycles. The van der Waals surface area contributed by atoms with E-state index < -0.39 is 5.97 Å². The molecule has 84 valence electrons. The highest BCUT2D eigenvalue weighted by Crippen LogP contribution is 2.21. The number of carbonyl (C=O) groups is 1. The molecule has 0 aliphatic rings. The fourth-order valence-corrected chi connectivity index (χ4v) is 1.50. The molecule has 1 aromatic carbocycles. The third-order valence-electron chi connectivity index (χ3n) is 1.71. The van der Waals surface area contributed by atoms with Crippen molar-refractivity contribution < 1.29 is 9.90 Å². The predicted molar refractivity (Wildman–Crippen MR) is 63.4 cm³/mol. The molecule has 1 rings (SSSR count). The first-order valence-corrected chi connectivity index (χ1v) is 5.04. The number of hydrogen-bond acceptors (Lipinski definition) is 5. The van der Waals surface area contributed by atoms with Crippen molar-refractivity contribution >= 4 is 33.3 Å². The molecule has 0 saturated heterocycles. The first-order valence-electron chi connectivity index (χ1n) is 4.25. The number of carboxylic acids is 1. The van der Waals surface area contributed by atoms with Gasteiger partial charge in [0.2, 0.25) is 5.71 Å². The Labute approximate surface area is 105 Å². The Morgan fingerprint density at radius 3 is 2.53 bits per heavy atom. The van der Waals surface area contributed by atoms with Crippen LogP contribution in [-0.2, 0) is 0 Å². The maximum atomic E-state index is 10.7. The summed E-state index contributed by atoms with van der Waals surface area (Å²) in [7, 11) is 0. The standard InChI is InChI=1S/C10H5BrN4O2/c11-9-3-6(1-2-8(9)10(16)17)14-15-7(4-12)5-13/h1-3,14H,(H,16,17). The molecule has 1 aromatic rings. The molecule has 17 heavy (non-hydrogen) atoms. The zero-order valence-corrected chi connectivity index (χ0v) is 9.89. The molecule has 0 bridgehead atoms. The largest absolute Gasteiger partial charge is 0.478 e. The lowest BCUT2D eigenvalue weighted by atomic mass is 10.2. The maximum Gasteiger partial charge on any atom is 0.336 e. The zero-order chi connectivity index (χ0) is 12.8. The van der Waals surface area contributed by atoms with Crippen molar-refractivity contribution in [1.82, 2.24) is 0 Å². The van der Waals surface area contributed by atoms with Gasteiger partial charge in [0.25, 0.3) is 0 Å². The van der Waals surface area contributed by atoms with Gasteiger partial charge < -0.3 is 5.11 Å². The van der Waals surface area contributed by atoms with Gasteiger partial charge in [-0.2, -0.15) is 15.6 Å². The van der Waals surface area contributed by atoms with E-state index in [0.717, 1.165) is 0 Å². The number of hydrazone groups is 1. The van der Waals surface area contributed by atoms with E-state index in [1.54, 1.807) is 12.1 Å². The van der Waals surface area contributed by atoms with E-state index in [2.05, 4.69) is 26.5 Å². The number of anilines is 1. The average molecular weight is 293 g/mol. The number of nitrogens with zero attached hydrogens (tertiary/aromatic N) is 3. The van der Waals surface area contributed by atoms with Crippen molar-refractivity contribution in [3.8, 4) is 12.1 Å². The fourth-order valence-electron chi connectivity index (χ4n) is 0.954. The first-order chi connectivity index (χ1) is 8.08. The molecule has 2 N–H and O–H groups in total.